The monoisotopic (exact) mass is 250 g/mol. The molecule has 0 unspecified atom stereocenters. The van der Waals surface area contributed by atoms with Gasteiger partial charge >= 0.3 is 0 Å². The SMILES string of the molecule is CCC(CC)(CN)CN(C)CCS(C)(=O)=O. The fraction of sp³-hybridized carbons (Fsp3) is 1.00. The van der Waals surface area contributed by atoms with Crippen molar-refractivity contribution < 1.29 is 8.42 Å². The highest BCUT2D eigenvalue weighted by molar-refractivity contribution is 7.90. The van der Waals surface area contributed by atoms with Crippen molar-refractivity contribution in [1.29, 1.82) is 0 Å². The molecule has 0 aliphatic heterocycles. The average molecular weight is 250 g/mol. The lowest BCUT2D eigenvalue weighted by Crippen LogP contribution is -2.41. The van der Waals surface area contributed by atoms with Gasteiger partial charge in [-0.1, -0.05) is 13.8 Å². The Kier molecular flexibility index (Phi) is 6.51. The van der Waals surface area contributed by atoms with Crippen LogP contribution in [0.3, 0.4) is 0 Å². The predicted molar refractivity (Wildman–Crippen MR) is 69.3 cm³/mol. The van der Waals surface area contributed by atoms with Crippen LogP contribution in [-0.4, -0.2) is 52.0 Å². The molecule has 0 radical (unpaired) electrons. The second-order valence-electron chi connectivity index (χ2n) is 4.78. The maximum Gasteiger partial charge on any atom is 0.148 e. The molecule has 16 heavy (non-hydrogen) atoms. The summed E-state index contributed by atoms with van der Waals surface area (Å²) in [5.41, 5.74) is 5.95. The third-order valence-electron chi connectivity index (χ3n) is 3.38. The van der Waals surface area contributed by atoms with Gasteiger partial charge in [0.2, 0.25) is 0 Å². The zero-order chi connectivity index (χ0) is 12.8. The molecule has 0 heterocycles. The quantitative estimate of drug-likeness (QED) is 0.690. The first-order chi connectivity index (χ1) is 7.28. The first-order valence-corrected chi connectivity index (χ1v) is 7.91. The topological polar surface area (TPSA) is 63.4 Å². The lowest BCUT2D eigenvalue weighted by atomic mass is 9.82. The summed E-state index contributed by atoms with van der Waals surface area (Å²) in [6.45, 7) is 6.39. The van der Waals surface area contributed by atoms with Crippen LogP contribution in [0.25, 0.3) is 0 Å². The Hall–Kier alpha value is -0.130. The van der Waals surface area contributed by atoms with Gasteiger partial charge in [0.15, 0.2) is 0 Å². The van der Waals surface area contributed by atoms with E-state index >= 15 is 0 Å². The standard InChI is InChI=1S/C11H26N2O2S/c1-5-11(6-2,9-12)10-13(3)7-8-16(4,14)15/h5-10,12H2,1-4H3. The lowest BCUT2D eigenvalue weighted by molar-refractivity contribution is 0.172. The highest BCUT2D eigenvalue weighted by Gasteiger charge is 2.26. The van der Waals surface area contributed by atoms with E-state index in [1.807, 2.05) is 7.05 Å². The van der Waals surface area contributed by atoms with Crippen molar-refractivity contribution in [2.45, 2.75) is 26.7 Å². The summed E-state index contributed by atoms with van der Waals surface area (Å²) in [6, 6.07) is 0. The summed E-state index contributed by atoms with van der Waals surface area (Å²) in [7, 11) is -0.909. The Bertz CT molecular complexity index is 276. The molecule has 5 heteroatoms. The minimum Gasteiger partial charge on any atom is -0.330 e. The molecular weight excluding hydrogens is 224 g/mol. The van der Waals surface area contributed by atoms with Crippen LogP contribution in [0.2, 0.25) is 0 Å². The Morgan fingerprint density at radius 3 is 2.06 bits per heavy atom. The summed E-state index contributed by atoms with van der Waals surface area (Å²) in [6.07, 6.45) is 3.34. The second kappa shape index (κ2) is 6.57. The number of nitrogens with zero attached hydrogens (tertiary/aromatic N) is 1. The van der Waals surface area contributed by atoms with E-state index in [0.717, 1.165) is 19.4 Å². The van der Waals surface area contributed by atoms with Gasteiger partial charge in [0.25, 0.3) is 0 Å². The molecule has 4 nitrogen and oxygen atoms in total. The molecule has 0 atom stereocenters. The van der Waals surface area contributed by atoms with E-state index in [1.54, 1.807) is 0 Å². The molecule has 0 aromatic rings. The van der Waals surface area contributed by atoms with E-state index in [0.29, 0.717) is 13.1 Å². The molecule has 0 aromatic heterocycles. The van der Waals surface area contributed by atoms with Crippen LogP contribution in [0.5, 0.6) is 0 Å². The van der Waals surface area contributed by atoms with Crippen LogP contribution >= 0.6 is 0 Å². The van der Waals surface area contributed by atoms with E-state index < -0.39 is 9.84 Å². The maximum absolute atomic E-state index is 11.1. The summed E-state index contributed by atoms with van der Waals surface area (Å²) >= 11 is 0. The molecule has 98 valence electrons. The largest absolute Gasteiger partial charge is 0.330 e. The third kappa shape index (κ3) is 5.82. The van der Waals surface area contributed by atoms with E-state index in [1.165, 1.54) is 6.26 Å². The van der Waals surface area contributed by atoms with Crippen molar-refractivity contribution in [2.24, 2.45) is 11.1 Å². The average Bonchev–Trinajstić information content (AvgIpc) is 2.22. The zero-order valence-corrected chi connectivity index (χ0v) is 11.8. The fourth-order valence-corrected chi connectivity index (χ4v) is 2.44. The Labute approximate surface area is 100 Å². The third-order valence-corrected chi connectivity index (χ3v) is 4.31. The second-order valence-corrected chi connectivity index (χ2v) is 7.04. The smallest absolute Gasteiger partial charge is 0.148 e. The van der Waals surface area contributed by atoms with Gasteiger partial charge in [0.05, 0.1) is 5.75 Å². The number of sulfone groups is 1. The van der Waals surface area contributed by atoms with Crippen LogP contribution in [0.1, 0.15) is 26.7 Å². The summed E-state index contributed by atoms with van der Waals surface area (Å²) in [4.78, 5) is 2.07. The van der Waals surface area contributed by atoms with Crippen LogP contribution in [-0.2, 0) is 9.84 Å². The molecule has 0 aliphatic carbocycles. The summed E-state index contributed by atoms with van der Waals surface area (Å²) in [5.74, 6) is 0.220. The van der Waals surface area contributed by atoms with Gasteiger partial charge in [-0.15, -0.1) is 0 Å². The number of rotatable bonds is 8. The van der Waals surface area contributed by atoms with Crippen molar-refractivity contribution >= 4 is 9.84 Å². The van der Waals surface area contributed by atoms with Crippen LogP contribution < -0.4 is 5.73 Å². The van der Waals surface area contributed by atoms with Crippen molar-refractivity contribution in [1.82, 2.24) is 4.90 Å². The first-order valence-electron chi connectivity index (χ1n) is 5.85. The molecule has 0 bridgehead atoms. The van der Waals surface area contributed by atoms with Gasteiger partial charge in [-0.05, 0) is 31.8 Å². The summed E-state index contributed by atoms with van der Waals surface area (Å²) in [5, 5.41) is 0. The molecule has 0 spiro atoms. The Morgan fingerprint density at radius 2 is 1.75 bits per heavy atom. The summed E-state index contributed by atoms with van der Waals surface area (Å²) < 4.78 is 22.1. The van der Waals surface area contributed by atoms with Crippen molar-refractivity contribution in [3.05, 3.63) is 0 Å². The molecule has 2 N–H and O–H groups in total. The maximum atomic E-state index is 11.1. The van der Waals surface area contributed by atoms with Gasteiger partial charge in [-0.2, -0.15) is 0 Å². The molecule has 0 fully saturated rings. The molecule has 0 saturated carbocycles. The van der Waals surface area contributed by atoms with Crippen molar-refractivity contribution in [2.75, 3.05) is 38.7 Å². The van der Waals surface area contributed by atoms with Gasteiger partial charge in [0.1, 0.15) is 9.84 Å². The minimum atomic E-state index is -2.87. The molecule has 0 aromatic carbocycles. The molecule has 0 amide bonds. The van der Waals surface area contributed by atoms with Crippen LogP contribution in [0.4, 0.5) is 0 Å². The number of nitrogens with two attached hydrogens (primary N) is 1. The predicted octanol–water partition coefficient (Wildman–Crippen LogP) is 0.728. The Morgan fingerprint density at radius 1 is 1.25 bits per heavy atom. The van der Waals surface area contributed by atoms with Gasteiger partial charge in [-0.25, -0.2) is 8.42 Å². The number of hydrogen-bond acceptors (Lipinski definition) is 4. The molecular formula is C11H26N2O2S. The van der Waals surface area contributed by atoms with Gasteiger partial charge in [0, 0.05) is 19.3 Å². The minimum absolute atomic E-state index is 0.131. The lowest BCUT2D eigenvalue weighted by Gasteiger charge is -2.34. The van der Waals surface area contributed by atoms with Gasteiger partial charge in [-0.3, -0.25) is 0 Å². The van der Waals surface area contributed by atoms with Crippen molar-refractivity contribution in [3.63, 3.8) is 0 Å². The zero-order valence-electron chi connectivity index (χ0n) is 11.0. The highest BCUT2D eigenvalue weighted by Crippen LogP contribution is 2.25. The van der Waals surface area contributed by atoms with Crippen LogP contribution in [0, 0.1) is 5.41 Å². The fourth-order valence-electron chi connectivity index (χ4n) is 1.80. The molecule has 0 aliphatic rings. The molecule has 0 rings (SSSR count). The highest BCUT2D eigenvalue weighted by atomic mass is 32.2. The van der Waals surface area contributed by atoms with E-state index in [9.17, 15) is 8.42 Å². The van der Waals surface area contributed by atoms with E-state index in [2.05, 4.69) is 18.7 Å². The van der Waals surface area contributed by atoms with E-state index in [4.69, 9.17) is 5.73 Å². The van der Waals surface area contributed by atoms with Crippen molar-refractivity contribution in [3.8, 4) is 0 Å². The number of hydrogen-bond donors (Lipinski definition) is 1. The molecule has 0 saturated heterocycles. The Balaban J connectivity index is 4.26. The normalized spacial score (nSPS) is 13.4. The van der Waals surface area contributed by atoms with Gasteiger partial charge < -0.3 is 10.6 Å². The van der Waals surface area contributed by atoms with Crippen LogP contribution in [0.15, 0.2) is 0 Å². The first kappa shape index (κ1) is 15.9. The van der Waals surface area contributed by atoms with E-state index in [-0.39, 0.29) is 11.2 Å².